The summed E-state index contributed by atoms with van der Waals surface area (Å²) < 4.78 is 31.7. The van der Waals surface area contributed by atoms with Crippen LogP contribution in [0.3, 0.4) is 0 Å². The predicted octanol–water partition coefficient (Wildman–Crippen LogP) is -0.146. The van der Waals surface area contributed by atoms with Gasteiger partial charge >= 0.3 is 5.97 Å². The van der Waals surface area contributed by atoms with E-state index in [-0.39, 0.29) is 17.2 Å². The number of nitrogens with two attached hydrogens (primary N) is 1. The molecule has 1 rings (SSSR count). The van der Waals surface area contributed by atoms with E-state index >= 15 is 0 Å². The number of hydrogen-bond donors (Lipinski definition) is 2. The van der Waals surface area contributed by atoms with Crippen molar-refractivity contribution in [3.05, 3.63) is 18.0 Å². The van der Waals surface area contributed by atoms with Crippen LogP contribution in [0.15, 0.2) is 17.2 Å². The molecule has 1 aromatic heterocycles. The third kappa shape index (κ3) is 3.84. The third-order valence-corrected chi connectivity index (χ3v) is 2.81. The number of aromatic nitrogens is 1. The molecule has 0 aliphatic heterocycles. The summed E-state index contributed by atoms with van der Waals surface area (Å²) in [5, 5.41) is 4.90. The molecule has 1 heterocycles. The van der Waals surface area contributed by atoms with Gasteiger partial charge in [-0.15, -0.1) is 0 Å². The number of primary sulfonamides is 1. The fourth-order valence-corrected chi connectivity index (χ4v) is 1.68. The fourth-order valence-electron chi connectivity index (χ4n) is 1.17. The highest BCUT2D eigenvalue weighted by Crippen LogP contribution is 2.10. The number of ether oxygens (including phenoxy) is 2. The minimum atomic E-state index is -3.82. The van der Waals surface area contributed by atoms with E-state index in [0.717, 1.165) is 12.3 Å². The molecule has 8 heteroatoms. The summed E-state index contributed by atoms with van der Waals surface area (Å²) in [4.78, 5) is 13.8. The van der Waals surface area contributed by atoms with Crippen LogP contribution >= 0.6 is 0 Å². The maximum absolute atomic E-state index is 11.5. The SMILES string of the molecule is COCC(C)OC(=O)c1cc(S(N)(=O)=O)c[nH]1. The first kappa shape index (κ1) is 13.7. The van der Waals surface area contributed by atoms with Crippen LogP contribution in [0.1, 0.15) is 17.4 Å². The molecule has 1 unspecified atom stereocenters. The lowest BCUT2D eigenvalue weighted by atomic mass is 10.4. The van der Waals surface area contributed by atoms with Crippen LogP contribution in [-0.2, 0) is 19.5 Å². The van der Waals surface area contributed by atoms with Crippen molar-refractivity contribution in [1.29, 1.82) is 0 Å². The average molecular weight is 262 g/mol. The lowest BCUT2D eigenvalue weighted by molar-refractivity contribution is 0.0115. The van der Waals surface area contributed by atoms with Gasteiger partial charge in [0.05, 0.1) is 6.61 Å². The molecule has 0 aliphatic carbocycles. The van der Waals surface area contributed by atoms with Crippen LogP contribution in [-0.4, -0.2) is 39.2 Å². The van der Waals surface area contributed by atoms with Gasteiger partial charge in [-0.25, -0.2) is 18.4 Å². The number of rotatable bonds is 5. The molecule has 0 aliphatic rings. The third-order valence-electron chi connectivity index (χ3n) is 1.91. The van der Waals surface area contributed by atoms with Gasteiger partial charge in [0.1, 0.15) is 16.7 Å². The molecular formula is C9H14N2O5S. The number of sulfonamides is 1. The Labute approximate surface area is 99.0 Å². The molecule has 0 fully saturated rings. The van der Waals surface area contributed by atoms with E-state index in [2.05, 4.69) is 4.98 Å². The van der Waals surface area contributed by atoms with Crippen molar-refractivity contribution in [2.45, 2.75) is 17.9 Å². The van der Waals surface area contributed by atoms with Crippen LogP contribution in [0.5, 0.6) is 0 Å². The minimum Gasteiger partial charge on any atom is -0.456 e. The van der Waals surface area contributed by atoms with Gasteiger partial charge in [0.15, 0.2) is 0 Å². The van der Waals surface area contributed by atoms with Gasteiger partial charge < -0.3 is 14.5 Å². The van der Waals surface area contributed by atoms with Crippen molar-refractivity contribution in [3.8, 4) is 0 Å². The topological polar surface area (TPSA) is 111 Å². The van der Waals surface area contributed by atoms with Crippen molar-refractivity contribution < 1.29 is 22.7 Å². The van der Waals surface area contributed by atoms with Crippen LogP contribution in [0, 0.1) is 0 Å². The number of carbonyl (C=O) groups is 1. The van der Waals surface area contributed by atoms with E-state index in [9.17, 15) is 13.2 Å². The minimum absolute atomic E-state index is 0.0250. The second kappa shape index (κ2) is 5.30. The van der Waals surface area contributed by atoms with E-state index in [4.69, 9.17) is 14.6 Å². The predicted molar refractivity (Wildman–Crippen MR) is 58.9 cm³/mol. The summed E-state index contributed by atoms with van der Waals surface area (Å²) in [6, 6.07) is 1.12. The molecular weight excluding hydrogens is 248 g/mol. The molecule has 0 bridgehead atoms. The second-order valence-electron chi connectivity index (χ2n) is 3.47. The molecule has 0 spiro atoms. The second-order valence-corrected chi connectivity index (χ2v) is 5.03. The monoisotopic (exact) mass is 262 g/mol. The quantitative estimate of drug-likeness (QED) is 0.717. The highest BCUT2D eigenvalue weighted by atomic mass is 32.2. The normalized spacial score (nSPS) is 13.4. The lowest BCUT2D eigenvalue weighted by Gasteiger charge is -2.10. The van der Waals surface area contributed by atoms with E-state index in [1.54, 1.807) is 6.92 Å². The average Bonchev–Trinajstić information content (AvgIpc) is 2.65. The summed E-state index contributed by atoms with van der Waals surface area (Å²) in [5.74, 6) is -0.663. The zero-order valence-electron chi connectivity index (χ0n) is 9.47. The van der Waals surface area contributed by atoms with E-state index in [1.165, 1.54) is 7.11 Å². The molecule has 17 heavy (non-hydrogen) atoms. The van der Waals surface area contributed by atoms with Crippen LogP contribution in [0.2, 0.25) is 0 Å². The van der Waals surface area contributed by atoms with E-state index in [1.807, 2.05) is 0 Å². The maximum Gasteiger partial charge on any atom is 0.355 e. The molecule has 0 amide bonds. The van der Waals surface area contributed by atoms with Crippen molar-refractivity contribution >= 4 is 16.0 Å². The summed E-state index contributed by atoms with van der Waals surface area (Å²) in [6.45, 7) is 1.92. The first-order chi connectivity index (χ1) is 7.84. The van der Waals surface area contributed by atoms with Crippen molar-refractivity contribution in [2.24, 2.45) is 5.14 Å². The van der Waals surface area contributed by atoms with Crippen molar-refractivity contribution in [3.63, 3.8) is 0 Å². The molecule has 7 nitrogen and oxygen atoms in total. The smallest absolute Gasteiger partial charge is 0.355 e. The number of hydrogen-bond acceptors (Lipinski definition) is 5. The van der Waals surface area contributed by atoms with E-state index in [0.29, 0.717) is 0 Å². The number of nitrogens with one attached hydrogen (secondary N) is 1. The zero-order valence-corrected chi connectivity index (χ0v) is 10.3. The summed E-state index contributed by atoms with van der Waals surface area (Å²) in [5.41, 5.74) is 0.0250. The highest BCUT2D eigenvalue weighted by Gasteiger charge is 2.17. The standard InChI is InChI=1S/C9H14N2O5S/c1-6(5-15-2)16-9(12)8-3-7(4-11-8)17(10,13)14/h3-4,6,11H,5H2,1-2H3,(H2,10,13,14). The van der Waals surface area contributed by atoms with Crippen molar-refractivity contribution in [2.75, 3.05) is 13.7 Å². The molecule has 0 radical (unpaired) electrons. The Balaban J connectivity index is 2.74. The number of carbonyl (C=O) groups excluding carboxylic acids is 1. The molecule has 0 saturated heterocycles. The Morgan fingerprint density at radius 1 is 1.59 bits per heavy atom. The molecule has 1 aromatic rings. The Bertz CT molecular complexity index is 493. The molecule has 96 valence electrons. The molecule has 1 atom stereocenters. The van der Waals surface area contributed by atoms with Crippen LogP contribution in [0.25, 0.3) is 0 Å². The first-order valence-electron chi connectivity index (χ1n) is 4.75. The van der Waals surface area contributed by atoms with Gasteiger partial charge in [0.2, 0.25) is 10.0 Å². The van der Waals surface area contributed by atoms with Gasteiger partial charge in [0.25, 0.3) is 0 Å². The number of esters is 1. The molecule has 0 saturated carbocycles. The Morgan fingerprint density at radius 2 is 2.24 bits per heavy atom. The van der Waals surface area contributed by atoms with Gasteiger partial charge in [-0.3, -0.25) is 0 Å². The number of aromatic amines is 1. The van der Waals surface area contributed by atoms with Crippen molar-refractivity contribution in [1.82, 2.24) is 4.98 Å². The Morgan fingerprint density at radius 3 is 2.71 bits per heavy atom. The number of H-pyrrole nitrogens is 1. The number of methoxy groups -OCH3 is 1. The highest BCUT2D eigenvalue weighted by molar-refractivity contribution is 7.89. The van der Waals surface area contributed by atoms with Gasteiger partial charge in [-0.1, -0.05) is 0 Å². The van der Waals surface area contributed by atoms with Crippen LogP contribution in [0.4, 0.5) is 0 Å². The molecule has 0 aromatic carbocycles. The van der Waals surface area contributed by atoms with Gasteiger partial charge in [-0.2, -0.15) is 0 Å². The fraction of sp³-hybridized carbons (Fsp3) is 0.444. The lowest BCUT2D eigenvalue weighted by Crippen LogP contribution is -2.19. The van der Waals surface area contributed by atoms with Gasteiger partial charge in [-0.05, 0) is 13.0 Å². The summed E-state index contributed by atoms with van der Waals surface area (Å²) in [7, 11) is -2.33. The summed E-state index contributed by atoms with van der Waals surface area (Å²) in [6.07, 6.45) is 0.709. The Hall–Kier alpha value is -1.38. The largest absolute Gasteiger partial charge is 0.456 e. The van der Waals surface area contributed by atoms with Crippen LogP contribution < -0.4 is 5.14 Å². The van der Waals surface area contributed by atoms with E-state index < -0.39 is 22.1 Å². The van der Waals surface area contributed by atoms with Gasteiger partial charge in [0, 0.05) is 13.3 Å². The Kier molecular flexibility index (Phi) is 4.27. The molecule has 3 N–H and O–H groups in total. The first-order valence-corrected chi connectivity index (χ1v) is 6.30. The summed E-state index contributed by atoms with van der Waals surface area (Å²) >= 11 is 0. The maximum atomic E-state index is 11.5. The zero-order chi connectivity index (χ0) is 13.1.